The zero-order valence-electron chi connectivity index (χ0n) is 15.2. The fraction of sp³-hybridized carbons (Fsp3) is 0.600. The SMILES string of the molecule is CCCc1ccc(C(=O)N2CCN(CCC(=O)NC3CC3)CC2)cc1. The van der Waals surface area contributed by atoms with Gasteiger partial charge >= 0.3 is 0 Å². The molecule has 1 N–H and O–H groups in total. The lowest BCUT2D eigenvalue weighted by molar-refractivity contribution is -0.121. The van der Waals surface area contributed by atoms with Crippen molar-refractivity contribution in [2.24, 2.45) is 0 Å². The van der Waals surface area contributed by atoms with Crippen molar-refractivity contribution in [3.8, 4) is 0 Å². The molecule has 3 rings (SSSR count). The molecule has 1 saturated heterocycles. The molecular formula is C20H29N3O2. The summed E-state index contributed by atoms with van der Waals surface area (Å²) < 4.78 is 0. The van der Waals surface area contributed by atoms with E-state index in [1.54, 1.807) is 0 Å². The van der Waals surface area contributed by atoms with Gasteiger partial charge in [0.25, 0.3) is 5.91 Å². The second-order valence-corrected chi connectivity index (χ2v) is 7.17. The van der Waals surface area contributed by atoms with Crippen LogP contribution in [0, 0.1) is 0 Å². The van der Waals surface area contributed by atoms with E-state index in [1.165, 1.54) is 5.56 Å². The molecular weight excluding hydrogens is 314 g/mol. The van der Waals surface area contributed by atoms with E-state index in [1.807, 2.05) is 17.0 Å². The Bertz CT molecular complexity index is 587. The fourth-order valence-corrected chi connectivity index (χ4v) is 3.25. The molecule has 1 saturated carbocycles. The van der Waals surface area contributed by atoms with Gasteiger partial charge < -0.3 is 10.2 Å². The molecule has 5 heteroatoms. The van der Waals surface area contributed by atoms with Crippen molar-refractivity contribution in [1.29, 1.82) is 0 Å². The number of carbonyl (C=O) groups excluding carboxylic acids is 2. The molecule has 2 fully saturated rings. The summed E-state index contributed by atoms with van der Waals surface area (Å²) in [6.45, 7) is 6.10. The van der Waals surface area contributed by atoms with Crippen LogP contribution in [0.15, 0.2) is 24.3 Å². The lowest BCUT2D eigenvalue weighted by atomic mass is 10.1. The van der Waals surface area contributed by atoms with E-state index in [4.69, 9.17) is 0 Å². The van der Waals surface area contributed by atoms with Crippen molar-refractivity contribution in [3.63, 3.8) is 0 Å². The normalized spacial score (nSPS) is 18.2. The number of piperazine rings is 1. The summed E-state index contributed by atoms with van der Waals surface area (Å²) in [5.41, 5.74) is 2.06. The molecule has 5 nitrogen and oxygen atoms in total. The van der Waals surface area contributed by atoms with Gasteiger partial charge in [-0.2, -0.15) is 0 Å². The average Bonchev–Trinajstić information content (AvgIpc) is 3.45. The van der Waals surface area contributed by atoms with Crippen molar-refractivity contribution < 1.29 is 9.59 Å². The van der Waals surface area contributed by atoms with Crippen LogP contribution >= 0.6 is 0 Å². The molecule has 1 aromatic carbocycles. The first-order valence-corrected chi connectivity index (χ1v) is 9.55. The molecule has 0 radical (unpaired) electrons. The largest absolute Gasteiger partial charge is 0.353 e. The van der Waals surface area contributed by atoms with Gasteiger partial charge in [0.15, 0.2) is 0 Å². The van der Waals surface area contributed by atoms with E-state index >= 15 is 0 Å². The molecule has 0 aromatic heterocycles. The minimum Gasteiger partial charge on any atom is -0.353 e. The van der Waals surface area contributed by atoms with E-state index in [0.29, 0.717) is 12.5 Å². The zero-order valence-corrected chi connectivity index (χ0v) is 15.2. The number of benzene rings is 1. The van der Waals surface area contributed by atoms with Crippen molar-refractivity contribution in [1.82, 2.24) is 15.1 Å². The van der Waals surface area contributed by atoms with E-state index < -0.39 is 0 Å². The van der Waals surface area contributed by atoms with Crippen LogP contribution < -0.4 is 5.32 Å². The summed E-state index contributed by atoms with van der Waals surface area (Å²) in [4.78, 5) is 28.6. The maximum atomic E-state index is 12.6. The van der Waals surface area contributed by atoms with Crippen LogP contribution in [-0.2, 0) is 11.2 Å². The zero-order chi connectivity index (χ0) is 17.6. The van der Waals surface area contributed by atoms with Crippen LogP contribution in [0.1, 0.15) is 48.5 Å². The minimum atomic E-state index is 0.120. The molecule has 2 amide bonds. The van der Waals surface area contributed by atoms with Crippen molar-refractivity contribution in [2.75, 3.05) is 32.7 Å². The topological polar surface area (TPSA) is 52.7 Å². The van der Waals surface area contributed by atoms with Crippen LogP contribution in [0.3, 0.4) is 0 Å². The highest BCUT2D eigenvalue weighted by atomic mass is 16.2. The third kappa shape index (κ3) is 5.30. The number of rotatable bonds is 7. The highest BCUT2D eigenvalue weighted by Crippen LogP contribution is 2.18. The Balaban J connectivity index is 1.41. The summed E-state index contributed by atoms with van der Waals surface area (Å²) in [6.07, 6.45) is 5.00. The Labute approximate surface area is 150 Å². The molecule has 1 aliphatic carbocycles. The van der Waals surface area contributed by atoms with Gasteiger partial charge in [-0.1, -0.05) is 25.5 Å². The van der Waals surface area contributed by atoms with Crippen molar-refractivity contribution in [2.45, 2.75) is 45.1 Å². The van der Waals surface area contributed by atoms with Gasteiger partial charge in [-0.05, 0) is 37.0 Å². The van der Waals surface area contributed by atoms with E-state index in [9.17, 15) is 9.59 Å². The summed E-state index contributed by atoms with van der Waals surface area (Å²) in [5, 5.41) is 3.03. The first-order chi connectivity index (χ1) is 12.2. The summed E-state index contributed by atoms with van der Waals surface area (Å²) in [6, 6.07) is 8.45. The molecule has 1 heterocycles. The quantitative estimate of drug-likeness (QED) is 0.824. The predicted molar refractivity (Wildman–Crippen MR) is 98.6 cm³/mol. The molecule has 1 aromatic rings. The van der Waals surface area contributed by atoms with E-state index in [0.717, 1.165) is 64.0 Å². The van der Waals surface area contributed by atoms with Crippen LogP contribution in [0.25, 0.3) is 0 Å². The third-order valence-electron chi connectivity index (χ3n) is 5.00. The average molecular weight is 343 g/mol. The Hall–Kier alpha value is -1.88. The summed E-state index contributed by atoms with van der Waals surface area (Å²) >= 11 is 0. The number of aryl methyl sites for hydroxylation is 1. The Morgan fingerprint density at radius 2 is 1.76 bits per heavy atom. The molecule has 0 atom stereocenters. The molecule has 25 heavy (non-hydrogen) atoms. The molecule has 1 aliphatic heterocycles. The van der Waals surface area contributed by atoms with Crippen LogP contribution in [0.5, 0.6) is 0 Å². The predicted octanol–water partition coefficient (Wildman–Crippen LogP) is 2.07. The summed E-state index contributed by atoms with van der Waals surface area (Å²) in [5.74, 6) is 0.280. The maximum absolute atomic E-state index is 12.6. The first-order valence-electron chi connectivity index (χ1n) is 9.55. The third-order valence-corrected chi connectivity index (χ3v) is 5.00. The minimum absolute atomic E-state index is 0.120. The highest BCUT2D eigenvalue weighted by molar-refractivity contribution is 5.94. The maximum Gasteiger partial charge on any atom is 0.253 e. The summed E-state index contributed by atoms with van der Waals surface area (Å²) in [7, 11) is 0. The van der Waals surface area contributed by atoms with Crippen molar-refractivity contribution in [3.05, 3.63) is 35.4 Å². The number of hydrogen-bond donors (Lipinski definition) is 1. The van der Waals surface area contributed by atoms with Gasteiger partial charge in [-0.25, -0.2) is 0 Å². The monoisotopic (exact) mass is 343 g/mol. The second kappa shape index (κ2) is 8.48. The number of carbonyl (C=O) groups is 2. The van der Waals surface area contributed by atoms with Gasteiger partial charge in [0.1, 0.15) is 0 Å². The first kappa shape index (κ1) is 17.9. The number of hydrogen-bond acceptors (Lipinski definition) is 3. The standard InChI is InChI=1S/C20H29N3O2/c1-2-3-16-4-6-17(7-5-16)20(25)23-14-12-22(13-15-23)11-10-19(24)21-18-8-9-18/h4-7,18H,2-3,8-15H2,1H3,(H,21,24). The molecule has 0 unspecified atom stereocenters. The van der Waals surface area contributed by atoms with Gasteiger partial charge in [0, 0.05) is 50.7 Å². The van der Waals surface area contributed by atoms with Crippen LogP contribution in [0.2, 0.25) is 0 Å². The smallest absolute Gasteiger partial charge is 0.253 e. The molecule has 0 spiro atoms. The Kier molecular flexibility index (Phi) is 6.08. The van der Waals surface area contributed by atoms with Crippen molar-refractivity contribution >= 4 is 11.8 Å². The highest BCUT2D eigenvalue weighted by Gasteiger charge is 2.25. The molecule has 0 bridgehead atoms. The van der Waals surface area contributed by atoms with E-state index in [-0.39, 0.29) is 11.8 Å². The van der Waals surface area contributed by atoms with Gasteiger partial charge in [-0.3, -0.25) is 14.5 Å². The van der Waals surface area contributed by atoms with Gasteiger partial charge in [0.2, 0.25) is 5.91 Å². The van der Waals surface area contributed by atoms with Gasteiger partial charge in [0.05, 0.1) is 0 Å². The lowest BCUT2D eigenvalue weighted by Crippen LogP contribution is -2.49. The van der Waals surface area contributed by atoms with E-state index in [2.05, 4.69) is 29.3 Å². The number of nitrogens with zero attached hydrogens (tertiary/aromatic N) is 2. The number of nitrogens with one attached hydrogen (secondary N) is 1. The Morgan fingerprint density at radius 1 is 1.08 bits per heavy atom. The lowest BCUT2D eigenvalue weighted by Gasteiger charge is -2.34. The van der Waals surface area contributed by atoms with Crippen LogP contribution in [-0.4, -0.2) is 60.4 Å². The number of amides is 2. The molecule has 2 aliphatic rings. The second-order valence-electron chi connectivity index (χ2n) is 7.17. The van der Waals surface area contributed by atoms with Crippen LogP contribution in [0.4, 0.5) is 0 Å². The fourth-order valence-electron chi connectivity index (χ4n) is 3.25. The Morgan fingerprint density at radius 3 is 2.36 bits per heavy atom. The molecule has 136 valence electrons. The van der Waals surface area contributed by atoms with Gasteiger partial charge in [-0.15, -0.1) is 0 Å².